The molecule has 6 heteroatoms. The molecule has 0 spiro atoms. The second kappa shape index (κ2) is 2.63. The predicted molar refractivity (Wildman–Crippen MR) is 40.6 cm³/mol. The van der Waals surface area contributed by atoms with Crippen molar-refractivity contribution in [2.45, 2.75) is 6.11 Å². The molecule has 0 radical (unpaired) electrons. The molecule has 2 rings (SSSR count). The first-order valence-corrected chi connectivity index (χ1v) is 3.67. The number of anilines is 1. The standard InChI is InChI=1S/C8H4F3NO2/c9-4-2-1-3-5-6(4)14-8(10,11)7(13)12-5/h1-3H,(H,12,13). The van der Waals surface area contributed by atoms with Gasteiger partial charge in [-0.2, -0.15) is 8.78 Å². The molecule has 1 aliphatic heterocycles. The average Bonchev–Trinajstić information content (AvgIpc) is 2.09. The van der Waals surface area contributed by atoms with Gasteiger partial charge in [-0.1, -0.05) is 6.07 Å². The number of carbonyl (C=O) groups is 1. The van der Waals surface area contributed by atoms with Crippen molar-refractivity contribution in [2.24, 2.45) is 0 Å². The van der Waals surface area contributed by atoms with Gasteiger partial charge in [-0.25, -0.2) is 4.39 Å². The normalized spacial score (nSPS) is 18.1. The van der Waals surface area contributed by atoms with Gasteiger partial charge in [0.25, 0.3) is 0 Å². The Labute approximate surface area is 76.5 Å². The Kier molecular flexibility index (Phi) is 1.67. The van der Waals surface area contributed by atoms with Crippen molar-refractivity contribution >= 4 is 11.6 Å². The van der Waals surface area contributed by atoms with Crippen LogP contribution >= 0.6 is 0 Å². The van der Waals surface area contributed by atoms with Gasteiger partial charge in [0.15, 0.2) is 11.6 Å². The third-order valence-electron chi connectivity index (χ3n) is 1.71. The zero-order valence-corrected chi connectivity index (χ0v) is 6.68. The summed E-state index contributed by atoms with van der Waals surface area (Å²) in [6, 6.07) is 3.51. The molecule has 74 valence electrons. The number of rotatable bonds is 0. The van der Waals surface area contributed by atoms with Crippen molar-refractivity contribution in [3.05, 3.63) is 24.0 Å². The van der Waals surface area contributed by atoms with Crippen LogP contribution in [0.4, 0.5) is 18.9 Å². The molecule has 1 heterocycles. The van der Waals surface area contributed by atoms with E-state index in [9.17, 15) is 18.0 Å². The van der Waals surface area contributed by atoms with E-state index in [0.29, 0.717) is 0 Å². The summed E-state index contributed by atoms with van der Waals surface area (Å²) in [5.41, 5.74) is -0.0964. The summed E-state index contributed by atoms with van der Waals surface area (Å²) in [6.07, 6.45) is -4.02. The Morgan fingerprint density at radius 3 is 2.79 bits per heavy atom. The smallest absolute Gasteiger partial charge is 0.420 e. The van der Waals surface area contributed by atoms with Crippen molar-refractivity contribution in [3.8, 4) is 5.75 Å². The number of benzene rings is 1. The summed E-state index contributed by atoms with van der Waals surface area (Å²) in [5.74, 6) is -3.19. The highest BCUT2D eigenvalue weighted by molar-refractivity contribution is 5.98. The predicted octanol–water partition coefficient (Wildman–Crippen LogP) is 1.75. The van der Waals surface area contributed by atoms with E-state index >= 15 is 0 Å². The quantitative estimate of drug-likeness (QED) is 0.697. The van der Waals surface area contributed by atoms with Crippen LogP contribution in [0.25, 0.3) is 0 Å². The van der Waals surface area contributed by atoms with Crippen LogP contribution in [-0.2, 0) is 4.79 Å². The second-order valence-electron chi connectivity index (χ2n) is 2.69. The number of amides is 1. The van der Waals surface area contributed by atoms with Gasteiger partial charge in [0.2, 0.25) is 0 Å². The summed E-state index contributed by atoms with van der Waals surface area (Å²) in [5, 5.41) is 1.84. The molecule has 14 heavy (non-hydrogen) atoms. The minimum absolute atomic E-state index is 0.0964. The number of fused-ring (bicyclic) bond motifs is 1. The third kappa shape index (κ3) is 1.19. The lowest BCUT2D eigenvalue weighted by molar-refractivity contribution is -0.190. The summed E-state index contributed by atoms with van der Waals surface area (Å²) in [7, 11) is 0. The molecule has 1 aliphatic rings. The molecule has 1 N–H and O–H groups in total. The fraction of sp³-hybridized carbons (Fsp3) is 0.125. The lowest BCUT2D eigenvalue weighted by Gasteiger charge is -2.24. The van der Waals surface area contributed by atoms with Crippen LogP contribution in [0.2, 0.25) is 0 Å². The highest BCUT2D eigenvalue weighted by Gasteiger charge is 2.47. The minimum Gasteiger partial charge on any atom is -0.420 e. The van der Waals surface area contributed by atoms with Gasteiger partial charge in [0.05, 0.1) is 5.69 Å². The van der Waals surface area contributed by atoms with Gasteiger partial charge in [0.1, 0.15) is 0 Å². The topological polar surface area (TPSA) is 38.3 Å². The first-order valence-electron chi connectivity index (χ1n) is 3.67. The van der Waals surface area contributed by atoms with Crippen LogP contribution in [0, 0.1) is 5.82 Å². The van der Waals surface area contributed by atoms with Crippen LogP contribution in [0.5, 0.6) is 5.75 Å². The van der Waals surface area contributed by atoms with E-state index in [2.05, 4.69) is 4.74 Å². The molecule has 0 fully saturated rings. The molecule has 0 unspecified atom stereocenters. The molecule has 0 bridgehead atoms. The summed E-state index contributed by atoms with van der Waals surface area (Å²) in [4.78, 5) is 10.7. The number of para-hydroxylation sites is 1. The van der Waals surface area contributed by atoms with Crippen LogP contribution in [0.3, 0.4) is 0 Å². The van der Waals surface area contributed by atoms with Gasteiger partial charge in [-0.15, -0.1) is 0 Å². The Hall–Kier alpha value is -1.72. The van der Waals surface area contributed by atoms with Crippen molar-refractivity contribution in [2.75, 3.05) is 5.32 Å². The van der Waals surface area contributed by atoms with Crippen molar-refractivity contribution in [3.63, 3.8) is 0 Å². The molecule has 1 amide bonds. The Balaban J connectivity index is 2.51. The molecule has 0 aliphatic carbocycles. The maximum Gasteiger partial charge on any atom is 0.482 e. The number of hydrogen-bond donors (Lipinski definition) is 1. The summed E-state index contributed by atoms with van der Waals surface area (Å²) < 4.78 is 42.2. The maximum atomic E-state index is 12.9. The maximum absolute atomic E-state index is 12.9. The van der Waals surface area contributed by atoms with Crippen LogP contribution < -0.4 is 10.1 Å². The number of nitrogens with one attached hydrogen (secondary N) is 1. The Morgan fingerprint density at radius 2 is 2.07 bits per heavy atom. The lowest BCUT2D eigenvalue weighted by atomic mass is 10.2. The van der Waals surface area contributed by atoms with E-state index in [0.717, 1.165) is 6.07 Å². The average molecular weight is 203 g/mol. The number of carbonyl (C=O) groups excluding carboxylic acids is 1. The summed E-state index contributed by atoms with van der Waals surface area (Å²) >= 11 is 0. The van der Waals surface area contributed by atoms with Gasteiger partial charge in [-0.3, -0.25) is 4.79 Å². The van der Waals surface area contributed by atoms with Crippen molar-refractivity contribution in [1.82, 2.24) is 0 Å². The van der Waals surface area contributed by atoms with E-state index in [1.54, 1.807) is 0 Å². The van der Waals surface area contributed by atoms with Crippen LogP contribution in [0.15, 0.2) is 18.2 Å². The van der Waals surface area contributed by atoms with Crippen molar-refractivity contribution < 1.29 is 22.7 Å². The van der Waals surface area contributed by atoms with E-state index in [-0.39, 0.29) is 5.69 Å². The fourth-order valence-corrected chi connectivity index (χ4v) is 1.08. The SMILES string of the molecule is O=C1Nc2cccc(F)c2OC1(F)F. The monoisotopic (exact) mass is 203 g/mol. The second-order valence-corrected chi connectivity index (χ2v) is 2.69. The number of halogens is 3. The Morgan fingerprint density at radius 1 is 1.36 bits per heavy atom. The number of ether oxygens (including phenoxy) is 1. The molecule has 1 aromatic carbocycles. The first-order chi connectivity index (χ1) is 6.50. The van der Waals surface area contributed by atoms with E-state index < -0.39 is 23.6 Å². The molecule has 0 atom stereocenters. The van der Waals surface area contributed by atoms with E-state index in [1.165, 1.54) is 12.1 Å². The first kappa shape index (κ1) is 8.86. The van der Waals surface area contributed by atoms with Crippen LogP contribution in [-0.4, -0.2) is 12.0 Å². The number of alkyl halides is 2. The largest absolute Gasteiger partial charge is 0.482 e. The fourth-order valence-electron chi connectivity index (χ4n) is 1.08. The zero-order chi connectivity index (χ0) is 10.3. The number of hydrogen-bond acceptors (Lipinski definition) is 2. The molecule has 1 aromatic rings. The molecule has 3 nitrogen and oxygen atoms in total. The van der Waals surface area contributed by atoms with Crippen LogP contribution in [0.1, 0.15) is 0 Å². The summed E-state index contributed by atoms with van der Waals surface area (Å²) in [6.45, 7) is 0. The third-order valence-corrected chi connectivity index (χ3v) is 1.71. The lowest BCUT2D eigenvalue weighted by Crippen LogP contribution is -2.43. The molecule has 0 aromatic heterocycles. The van der Waals surface area contributed by atoms with Gasteiger partial charge in [-0.05, 0) is 12.1 Å². The Bertz CT molecular complexity index is 406. The van der Waals surface area contributed by atoms with Gasteiger partial charge in [0, 0.05) is 0 Å². The zero-order valence-electron chi connectivity index (χ0n) is 6.68. The molecular weight excluding hydrogens is 199 g/mol. The van der Waals surface area contributed by atoms with Gasteiger partial charge < -0.3 is 10.1 Å². The highest BCUT2D eigenvalue weighted by Crippen LogP contribution is 2.36. The van der Waals surface area contributed by atoms with Gasteiger partial charge >= 0.3 is 12.0 Å². The highest BCUT2D eigenvalue weighted by atomic mass is 19.3. The minimum atomic E-state index is -4.02. The van der Waals surface area contributed by atoms with E-state index in [4.69, 9.17) is 0 Å². The molecule has 0 saturated heterocycles. The van der Waals surface area contributed by atoms with Crippen molar-refractivity contribution in [1.29, 1.82) is 0 Å². The molecule has 0 saturated carbocycles. The van der Waals surface area contributed by atoms with E-state index in [1.807, 2.05) is 5.32 Å². The molecular formula is C8H4F3NO2.